The van der Waals surface area contributed by atoms with Crippen molar-refractivity contribution in [1.29, 1.82) is 0 Å². The molecule has 1 aliphatic heterocycles. The van der Waals surface area contributed by atoms with Crippen molar-refractivity contribution < 1.29 is 22.7 Å². The summed E-state index contributed by atoms with van der Waals surface area (Å²) in [5, 5.41) is 9.73. The Labute approximate surface area is 115 Å². The summed E-state index contributed by atoms with van der Waals surface area (Å²) in [6, 6.07) is 3.51. The number of alkyl halides is 3. The zero-order valence-corrected chi connectivity index (χ0v) is 11.1. The van der Waals surface area contributed by atoms with Gasteiger partial charge in [-0.3, -0.25) is 4.90 Å². The van der Waals surface area contributed by atoms with E-state index in [1.807, 2.05) is 4.90 Å². The van der Waals surface area contributed by atoms with Crippen LogP contribution >= 0.6 is 0 Å². The maximum Gasteiger partial charge on any atom is 0.391 e. The molecule has 0 spiro atoms. The molecule has 20 heavy (non-hydrogen) atoms. The molecule has 6 heteroatoms. The molecule has 0 amide bonds. The van der Waals surface area contributed by atoms with Crippen molar-refractivity contribution in [3.8, 4) is 5.75 Å². The lowest BCUT2D eigenvalue weighted by Crippen LogP contribution is -2.40. The second kappa shape index (κ2) is 5.60. The predicted octanol–water partition coefficient (Wildman–Crippen LogP) is 3.87. The summed E-state index contributed by atoms with van der Waals surface area (Å²) >= 11 is 0. The Hall–Kier alpha value is -1.30. The van der Waals surface area contributed by atoms with Crippen molar-refractivity contribution in [2.24, 2.45) is 5.92 Å². The summed E-state index contributed by atoms with van der Waals surface area (Å²) in [5.74, 6) is -1.93. The zero-order chi connectivity index (χ0) is 14.9. The minimum absolute atomic E-state index is 0.0653. The van der Waals surface area contributed by atoms with Crippen molar-refractivity contribution >= 4 is 0 Å². The number of hydrogen-bond donors (Lipinski definition) is 1. The average Bonchev–Trinajstić information content (AvgIpc) is 2.37. The first kappa shape index (κ1) is 15.1. The van der Waals surface area contributed by atoms with E-state index in [0.717, 1.165) is 6.07 Å². The molecule has 0 aromatic heterocycles. The molecule has 1 aromatic rings. The van der Waals surface area contributed by atoms with Crippen molar-refractivity contribution in [1.82, 2.24) is 4.90 Å². The molecule has 0 saturated carbocycles. The molecule has 1 aliphatic rings. The molecule has 1 fully saturated rings. The smallest absolute Gasteiger partial charge is 0.391 e. The Kier molecular flexibility index (Phi) is 4.22. The van der Waals surface area contributed by atoms with E-state index in [1.165, 1.54) is 12.1 Å². The maximum atomic E-state index is 12.9. The highest BCUT2D eigenvalue weighted by atomic mass is 19.4. The molecular weight excluding hydrogens is 274 g/mol. The number of phenolic OH excluding ortho intramolecular Hbond substituents is 1. The van der Waals surface area contributed by atoms with Crippen LogP contribution in [0.1, 0.15) is 31.4 Å². The number of likely N-dealkylation sites (tertiary alicyclic amines) is 1. The maximum absolute atomic E-state index is 12.9. The van der Waals surface area contributed by atoms with E-state index in [-0.39, 0.29) is 24.6 Å². The number of halogens is 4. The number of hydrogen-bond acceptors (Lipinski definition) is 2. The lowest BCUT2D eigenvalue weighted by Gasteiger charge is -2.36. The highest BCUT2D eigenvalue weighted by Crippen LogP contribution is 2.37. The fourth-order valence-electron chi connectivity index (χ4n) is 2.68. The van der Waals surface area contributed by atoms with Gasteiger partial charge in [0.2, 0.25) is 0 Å². The van der Waals surface area contributed by atoms with Crippen LogP contribution < -0.4 is 0 Å². The van der Waals surface area contributed by atoms with Gasteiger partial charge in [0, 0.05) is 17.7 Å². The number of phenols is 1. The largest absolute Gasteiger partial charge is 0.508 e. The number of nitrogens with zero attached hydrogens (tertiary/aromatic N) is 1. The van der Waals surface area contributed by atoms with Crippen molar-refractivity contribution in [3.63, 3.8) is 0 Å². The van der Waals surface area contributed by atoms with Gasteiger partial charge < -0.3 is 5.11 Å². The molecule has 0 aliphatic carbocycles. The van der Waals surface area contributed by atoms with Crippen molar-refractivity contribution in [2.75, 3.05) is 13.1 Å². The van der Waals surface area contributed by atoms with Crippen LogP contribution in [0.15, 0.2) is 18.2 Å². The second-order valence-electron chi connectivity index (χ2n) is 5.23. The Morgan fingerprint density at radius 2 is 1.85 bits per heavy atom. The molecule has 1 heterocycles. The predicted molar refractivity (Wildman–Crippen MR) is 66.8 cm³/mol. The van der Waals surface area contributed by atoms with Gasteiger partial charge in [-0.2, -0.15) is 13.2 Å². The molecule has 0 bridgehead atoms. The molecule has 2 nitrogen and oxygen atoms in total. The van der Waals surface area contributed by atoms with Gasteiger partial charge in [0.15, 0.2) is 0 Å². The number of piperidine rings is 1. The minimum atomic E-state index is -4.13. The van der Waals surface area contributed by atoms with Crippen LogP contribution in [0.3, 0.4) is 0 Å². The summed E-state index contributed by atoms with van der Waals surface area (Å²) < 4.78 is 50.7. The van der Waals surface area contributed by atoms with E-state index in [4.69, 9.17) is 0 Å². The van der Waals surface area contributed by atoms with Gasteiger partial charge in [0.05, 0.1) is 5.92 Å². The van der Waals surface area contributed by atoms with Crippen molar-refractivity contribution in [2.45, 2.75) is 32.0 Å². The Morgan fingerprint density at radius 3 is 2.35 bits per heavy atom. The molecule has 1 saturated heterocycles. The van der Waals surface area contributed by atoms with E-state index < -0.39 is 17.9 Å². The average molecular weight is 291 g/mol. The Morgan fingerprint density at radius 1 is 1.25 bits per heavy atom. The molecule has 112 valence electrons. The zero-order valence-electron chi connectivity index (χ0n) is 11.1. The normalized spacial score (nSPS) is 20.1. The van der Waals surface area contributed by atoms with Gasteiger partial charge in [-0.25, -0.2) is 4.39 Å². The van der Waals surface area contributed by atoms with E-state index >= 15 is 0 Å². The third-order valence-electron chi connectivity index (χ3n) is 3.98. The first-order valence-corrected chi connectivity index (χ1v) is 6.58. The van der Waals surface area contributed by atoms with Crippen molar-refractivity contribution in [3.05, 3.63) is 29.6 Å². The van der Waals surface area contributed by atoms with Gasteiger partial charge in [-0.05, 0) is 38.9 Å². The van der Waals surface area contributed by atoms with Crippen LogP contribution in [0.25, 0.3) is 0 Å². The quantitative estimate of drug-likeness (QED) is 0.836. The van der Waals surface area contributed by atoms with Crippen LogP contribution in [-0.4, -0.2) is 29.3 Å². The van der Waals surface area contributed by atoms with Gasteiger partial charge in [-0.1, -0.05) is 6.07 Å². The fourth-order valence-corrected chi connectivity index (χ4v) is 2.68. The summed E-state index contributed by atoms with van der Waals surface area (Å²) in [7, 11) is 0. The van der Waals surface area contributed by atoms with Crippen LogP contribution in [0.4, 0.5) is 17.6 Å². The molecule has 0 radical (unpaired) electrons. The van der Waals surface area contributed by atoms with E-state index in [1.54, 1.807) is 6.92 Å². The first-order valence-electron chi connectivity index (χ1n) is 6.58. The Balaban J connectivity index is 2.03. The van der Waals surface area contributed by atoms with E-state index in [2.05, 4.69) is 0 Å². The van der Waals surface area contributed by atoms with E-state index in [0.29, 0.717) is 18.7 Å². The van der Waals surface area contributed by atoms with Crippen LogP contribution in [-0.2, 0) is 0 Å². The van der Waals surface area contributed by atoms with Crippen LogP contribution in [0, 0.1) is 11.7 Å². The van der Waals surface area contributed by atoms with Crippen LogP contribution in [0.5, 0.6) is 5.75 Å². The summed E-state index contributed by atoms with van der Waals surface area (Å²) in [4.78, 5) is 1.88. The third-order valence-corrected chi connectivity index (χ3v) is 3.98. The lowest BCUT2D eigenvalue weighted by atomic mass is 9.94. The van der Waals surface area contributed by atoms with Gasteiger partial charge in [0.25, 0.3) is 0 Å². The van der Waals surface area contributed by atoms with E-state index in [9.17, 15) is 22.7 Å². The number of aromatic hydroxyl groups is 1. The van der Waals surface area contributed by atoms with Gasteiger partial charge in [0.1, 0.15) is 11.6 Å². The number of benzene rings is 1. The molecule has 1 unspecified atom stereocenters. The summed E-state index contributed by atoms with van der Waals surface area (Å²) in [5.41, 5.74) is 0.539. The summed E-state index contributed by atoms with van der Waals surface area (Å²) in [6.07, 6.45) is -4.00. The second-order valence-corrected chi connectivity index (χ2v) is 5.23. The number of rotatable bonds is 2. The molecule has 2 rings (SSSR count). The standard InChI is InChI=1S/C14H17F4NO/c1-9(12-3-2-11(15)8-13(12)20)19-6-4-10(5-7-19)14(16,17)18/h2-3,8-10,20H,4-7H2,1H3. The first-order chi connectivity index (χ1) is 9.29. The SMILES string of the molecule is CC(c1ccc(F)cc1O)N1CCC(C(F)(F)F)CC1. The monoisotopic (exact) mass is 291 g/mol. The molecular formula is C14H17F4NO. The summed E-state index contributed by atoms with van der Waals surface area (Å²) in [6.45, 7) is 2.45. The molecule has 1 atom stereocenters. The fraction of sp³-hybridized carbons (Fsp3) is 0.571. The highest BCUT2D eigenvalue weighted by molar-refractivity contribution is 5.35. The van der Waals surface area contributed by atoms with Crippen LogP contribution in [0.2, 0.25) is 0 Å². The molecule has 1 aromatic carbocycles. The highest BCUT2D eigenvalue weighted by Gasteiger charge is 2.41. The van der Waals surface area contributed by atoms with Gasteiger partial charge in [-0.15, -0.1) is 0 Å². The lowest BCUT2D eigenvalue weighted by molar-refractivity contribution is -0.186. The third kappa shape index (κ3) is 3.23. The minimum Gasteiger partial charge on any atom is -0.508 e. The van der Waals surface area contributed by atoms with Gasteiger partial charge >= 0.3 is 6.18 Å². The molecule has 1 N–H and O–H groups in total. The topological polar surface area (TPSA) is 23.5 Å². The Bertz CT molecular complexity index is 467.